The highest BCUT2D eigenvalue weighted by molar-refractivity contribution is 5.97. The van der Waals surface area contributed by atoms with Crippen molar-refractivity contribution in [3.05, 3.63) is 41.5 Å². The largest absolute Gasteiger partial charge is 0.294 e. The van der Waals surface area contributed by atoms with E-state index in [9.17, 15) is 4.79 Å². The summed E-state index contributed by atoms with van der Waals surface area (Å²) < 4.78 is 1.58. The van der Waals surface area contributed by atoms with E-state index in [1.54, 1.807) is 30.3 Å². The molecule has 0 N–H and O–H groups in total. The van der Waals surface area contributed by atoms with Crippen LogP contribution < -0.4 is 0 Å². The lowest BCUT2D eigenvalue weighted by molar-refractivity contribution is 0.0991. The van der Waals surface area contributed by atoms with E-state index in [0.717, 1.165) is 5.56 Å². The van der Waals surface area contributed by atoms with Crippen LogP contribution in [0.25, 0.3) is 0 Å². The van der Waals surface area contributed by atoms with Gasteiger partial charge in [-0.05, 0) is 18.6 Å². The van der Waals surface area contributed by atoms with Gasteiger partial charge in [0.25, 0.3) is 0 Å². The summed E-state index contributed by atoms with van der Waals surface area (Å²) in [6.45, 7) is 1.91. The van der Waals surface area contributed by atoms with E-state index < -0.39 is 0 Å². The summed E-state index contributed by atoms with van der Waals surface area (Å²) in [6, 6.07) is 1.83. The zero-order chi connectivity index (χ0) is 11.5. The number of hydrogen-bond acceptors (Lipinski definition) is 4. The molecule has 0 unspecified atom stereocenters. The molecule has 0 atom stereocenters. The summed E-state index contributed by atoms with van der Waals surface area (Å²) in [5.74, 6) is 0.0108. The van der Waals surface area contributed by atoms with E-state index in [0.29, 0.717) is 11.3 Å². The Hall–Kier alpha value is -2.04. The summed E-state index contributed by atoms with van der Waals surface area (Å²) in [7, 11) is 1.77. The van der Waals surface area contributed by atoms with Crippen molar-refractivity contribution in [2.75, 3.05) is 0 Å². The van der Waals surface area contributed by atoms with Gasteiger partial charge in [0.05, 0.1) is 12.1 Å². The Balaban J connectivity index is 2.14. The second-order valence-corrected chi connectivity index (χ2v) is 3.73. The summed E-state index contributed by atoms with van der Waals surface area (Å²) in [5, 5.41) is 7.66. The third-order valence-electron chi connectivity index (χ3n) is 2.19. The summed E-state index contributed by atoms with van der Waals surface area (Å²) in [5.41, 5.74) is 2.27. The number of ketones is 1. The Kier molecular flexibility index (Phi) is 2.76. The van der Waals surface area contributed by atoms with Crippen LogP contribution in [-0.4, -0.2) is 25.8 Å². The molecule has 5 heteroatoms. The van der Waals surface area contributed by atoms with Crippen molar-refractivity contribution in [1.29, 1.82) is 0 Å². The predicted octanol–water partition coefficient (Wildman–Crippen LogP) is 0.944. The molecule has 2 aromatic rings. The van der Waals surface area contributed by atoms with Crippen LogP contribution in [0, 0.1) is 6.92 Å². The maximum Gasteiger partial charge on any atom is 0.170 e. The average molecular weight is 216 g/mol. The van der Waals surface area contributed by atoms with Crippen LogP contribution >= 0.6 is 0 Å². The Bertz CT molecular complexity index is 518. The van der Waals surface area contributed by atoms with Gasteiger partial charge in [0, 0.05) is 31.2 Å². The minimum Gasteiger partial charge on any atom is -0.294 e. The van der Waals surface area contributed by atoms with Gasteiger partial charge in [-0.15, -0.1) is 5.10 Å². The van der Waals surface area contributed by atoms with Crippen molar-refractivity contribution in [1.82, 2.24) is 20.0 Å². The Morgan fingerprint density at radius 3 is 2.88 bits per heavy atom. The minimum absolute atomic E-state index is 0.0108. The number of pyridine rings is 1. The lowest BCUT2D eigenvalue weighted by atomic mass is 10.1. The summed E-state index contributed by atoms with van der Waals surface area (Å²) in [6.07, 6.45) is 5.30. The number of carbonyl (C=O) groups excluding carboxylic acids is 1. The van der Waals surface area contributed by atoms with Crippen molar-refractivity contribution in [3.8, 4) is 0 Å². The molecule has 2 rings (SSSR count). The van der Waals surface area contributed by atoms with E-state index in [1.165, 1.54) is 0 Å². The Labute approximate surface area is 93.1 Å². The molecule has 0 radical (unpaired) electrons. The number of rotatable bonds is 3. The molecular formula is C11H12N4O. The fourth-order valence-corrected chi connectivity index (χ4v) is 1.45. The van der Waals surface area contributed by atoms with Crippen LogP contribution in [0.1, 0.15) is 21.6 Å². The molecular weight excluding hydrogens is 204 g/mol. The second-order valence-electron chi connectivity index (χ2n) is 3.73. The van der Waals surface area contributed by atoms with Gasteiger partial charge < -0.3 is 0 Å². The first kappa shape index (κ1) is 10.5. The standard InChI is InChI=1S/C11H12N4O/c1-8-3-9(6-12-5-8)11(16)4-10-7-15(2)14-13-10/h3,5-7H,4H2,1-2H3. The molecule has 0 bridgehead atoms. The maximum atomic E-state index is 11.9. The summed E-state index contributed by atoms with van der Waals surface area (Å²) in [4.78, 5) is 15.8. The van der Waals surface area contributed by atoms with Gasteiger partial charge in [-0.3, -0.25) is 14.5 Å². The first-order valence-electron chi connectivity index (χ1n) is 4.95. The van der Waals surface area contributed by atoms with E-state index in [4.69, 9.17) is 0 Å². The number of aromatic nitrogens is 4. The lowest BCUT2D eigenvalue weighted by Crippen LogP contribution is -2.04. The fourth-order valence-electron chi connectivity index (χ4n) is 1.45. The van der Waals surface area contributed by atoms with E-state index in [1.807, 2.05) is 13.0 Å². The SMILES string of the molecule is Cc1cncc(C(=O)Cc2cn(C)nn2)c1. The van der Waals surface area contributed by atoms with Crippen molar-refractivity contribution in [3.63, 3.8) is 0 Å². The number of hydrogen-bond donors (Lipinski definition) is 0. The highest BCUT2D eigenvalue weighted by Gasteiger charge is 2.09. The van der Waals surface area contributed by atoms with Crippen LogP contribution in [0.3, 0.4) is 0 Å². The monoisotopic (exact) mass is 216 g/mol. The molecule has 0 aliphatic heterocycles. The highest BCUT2D eigenvalue weighted by Crippen LogP contribution is 2.06. The normalized spacial score (nSPS) is 10.4. The van der Waals surface area contributed by atoms with Crippen LogP contribution in [0.5, 0.6) is 0 Å². The van der Waals surface area contributed by atoms with Crippen molar-refractivity contribution in [2.24, 2.45) is 7.05 Å². The average Bonchev–Trinajstić information content (AvgIpc) is 2.64. The van der Waals surface area contributed by atoms with Gasteiger partial charge in [0.1, 0.15) is 0 Å². The molecule has 0 amide bonds. The molecule has 2 heterocycles. The molecule has 0 aromatic carbocycles. The fraction of sp³-hybridized carbons (Fsp3) is 0.273. The second kappa shape index (κ2) is 4.22. The quantitative estimate of drug-likeness (QED) is 0.716. The zero-order valence-electron chi connectivity index (χ0n) is 9.21. The minimum atomic E-state index is 0.0108. The summed E-state index contributed by atoms with van der Waals surface area (Å²) >= 11 is 0. The number of nitrogens with zero attached hydrogens (tertiary/aromatic N) is 4. The smallest absolute Gasteiger partial charge is 0.170 e. The van der Waals surface area contributed by atoms with Gasteiger partial charge in [-0.1, -0.05) is 5.21 Å². The van der Waals surface area contributed by atoms with Crippen LogP contribution in [0.2, 0.25) is 0 Å². The number of Topliss-reactive ketones (excluding diaryl/α,β-unsaturated/α-hetero) is 1. The molecule has 0 fully saturated rings. The molecule has 0 saturated carbocycles. The topological polar surface area (TPSA) is 60.7 Å². The Morgan fingerprint density at radius 2 is 2.25 bits per heavy atom. The molecule has 0 spiro atoms. The van der Waals surface area contributed by atoms with Gasteiger partial charge in [0.15, 0.2) is 5.78 Å². The first-order chi connectivity index (χ1) is 7.65. The third kappa shape index (κ3) is 2.31. The van der Waals surface area contributed by atoms with Crippen LogP contribution in [0.15, 0.2) is 24.7 Å². The molecule has 5 nitrogen and oxygen atoms in total. The molecule has 16 heavy (non-hydrogen) atoms. The Morgan fingerprint density at radius 1 is 1.44 bits per heavy atom. The highest BCUT2D eigenvalue weighted by atomic mass is 16.1. The van der Waals surface area contributed by atoms with Crippen LogP contribution in [-0.2, 0) is 13.5 Å². The van der Waals surface area contributed by atoms with Crippen LogP contribution in [0.4, 0.5) is 0 Å². The molecule has 82 valence electrons. The lowest BCUT2D eigenvalue weighted by Gasteiger charge is -1.98. The van der Waals surface area contributed by atoms with E-state index in [2.05, 4.69) is 15.3 Å². The molecule has 2 aromatic heterocycles. The van der Waals surface area contributed by atoms with Crippen molar-refractivity contribution in [2.45, 2.75) is 13.3 Å². The van der Waals surface area contributed by atoms with Gasteiger partial charge in [-0.25, -0.2) is 0 Å². The predicted molar refractivity (Wildman–Crippen MR) is 58.0 cm³/mol. The van der Waals surface area contributed by atoms with E-state index >= 15 is 0 Å². The molecule has 0 aliphatic rings. The van der Waals surface area contributed by atoms with E-state index in [-0.39, 0.29) is 12.2 Å². The van der Waals surface area contributed by atoms with Crippen molar-refractivity contribution < 1.29 is 4.79 Å². The van der Waals surface area contributed by atoms with Gasteiger partial charge >= 0.3 is 0 Å². The van der Waals surface area contributed by atoms with Gasteiger partial charge in [0.2, 0.25) is 0 Å². The number of carbonyl (C=O) groups is 1. The maximum absolute atomic E-state index is 11.9. The molecule has 0 aliphatic carbocycles. The van der Waals surface area contributed by atoms with Gasteiger partial charge in [-0.2, -0.15) is 0 Å². The first-order valence-corrected chi connectivity index (χ1v) is 4.95. The zero-order valence-corrected chi connectivity index (χ0v) is 9.21. The third-order valence-corrected chi connectivity index (χ3v) is 2.19. The number of aryl methyl sites for hydroxylation is 2. The van der Waals surface area contributed by atoms with Crippen molar-refractivity contribution >= 4 is 5.78 Å². The molecule has 0 saturated heterocycles.